The smallest absolute Gasteiger partial charge is 0.435 e. The molecule has 8 heteroatoms. The van der Waals surface area contributed by atoms with Gasteiger partial charge >= 0.3 is 12.1 Å². The second-order valence-corrected chi connectivity index (χ2v) is 5.42. The van der Waals surface area contributed by atoms with Gasteiger partial charge in [-0.2, -0.15) is 13.2 Å². The Bertz CT molecular complexity index is 695. The quantitative estimate of drug-likeness (QED) is 0.890. The lowest BCUT2D eigenvalue weighted by atomic mass is 10.1. The van der Waals surface area contributed by atoms with Gasteiger partial charge in [-0.15, -0.1) is 0 Å². The number of rotatable bonds is 3. The summed E-state index contributed by atoms with van der Waals surface area (Å²) in [7, 11) is 0. The molecule has 2 rings (SSSR count). The number of aromatic carboxylic acids is 1. The number of benzene rings is 1. The third-order valence-electron chi connectivity index (χ3n) is 2.85. The highest BCUT2D eigenvalue weighted by molar-refractivity contribution is 7.17. The molecule has 2 aromatic rings. The summed E-state index contributed by atoms with van der Waals surface area (Å²) in [5.41, 5.74) is 1.18. The summed E-state index contributed by atoms with van der Waals surface area (Å²) in [5, 5.41) is 11.4. The number of anilines is 2. The lowest BCUT2D eigenvalue weighted by Gasteiger charge is -2.06. The lowest BCUT2D eigenvalue weighted by molar-refractivity contribution is -0.141. The number of carbonyl (C=O) groups is 1. The largest absolute Gasteiger partial charge is 0.477 e. The molecule has 1 aromatic heterocycles. The van der Waals surface area contributed by atoms with E-state index in [1.54, 1.807) is 12.1 Å². The van der Waals surface area contributed by atoms with Crippen LogP contribution in [0.3, 0.4) is 0 Å². The van der Waals surface area contributed by atoms with Crippen molar-refractivity contribution in [3.05, 3.63) is 39.9 Å². The molecule has 2 N–H and O–H groups in total. The Morgan fingerprint density at radius 2 is 1.95 bits per heavy atom. The lowest BCUT2D eigenvalue weighted by Crippen LogP contribution is -2.11. The van der Waals surface area contributed by atoms with E-state index in [-0.39, 0.29) is 5.13 Å². The number of hydrogen-bond donors (Lipinski definition) is 2. The van der Waals surface area contributed by atoms with Crippen LogP contribution in [0.5, 0.6) is 0 Å². The van der Waals surface area contributed by atoms with E-state index in [1.165, 1.54) is 0 Å². The van der Waals surface area contributed by atoms with Gasteiger partial charge in [-0.25, -0.2) is 9.78 Å². The Hall–Kier alpha value is -2.09. The fraction of sp³-hybridized carbons (Fsp3) is 0.231. The minimum Gasteiger partial charge on any atom is -0.477 e. The van der Waals surface area contributed by atoms with E-state index >= 15 is 0 Å². The van der Waals surface area contributed by atoms with Gasteiger partial charge in [0.25, 0.3) is 0 Å². The number of carboxylic acids is 1. The number of hydrogen-bond acceptors (Lipinski definition) is 4. The van der Waals surface area contributed by atoms with Gasteiger partial charge in [-0.3, -0.25) is 0 Å². The van der Waals surface area contributed by atoms with E-state index in [0.717, 1.165) is 11.1 Å². The van der Waals surface area contributed by atoms with Crippen molar-refractivity contribution in [3.8, 4) is 0 Å². The topological polar surface area (TPSA) is 62.2 Å². The second kappa shape index (κ2) is 5.36. The summed E-state index contributed by atoms with van der Waals surface area (Å²) in [5.74, 6) is -1.65. The van der Waals surface area contributed by atoms with Gasteiger partial charge in [0.2, 0.25) is 0 Å². The Kier molecular flexibility index (Phi) is 3.91. The first-order valence-electron chi connectivity index (χ1n) is 5.84. The molecule has 1 heterocycles. The summed E-state index contributed by atoms with van der Waals surface area (Å²) in [6.45, 7) is 3.78. The summed E-state index contributed by atoms with van der Waals surface area (Å²) >= 11 is 0.458. The first kappa shape index (κ1) is 15.3. The number of nitrogens with one attached hydrogen (secondary N) is 1. The number of carboxylic acid groups (broad SMARTS) is 1. The van der Waals surface area contributed by atoms with E-state index in [9.17, 15) is 18.0 Å². The Morgan fingerprint density at radius 1 is 1.29 bits per heavy atom. The van der Waals surface area contributed by atoms with Gasteiger partial charge in [0.15, 0.2) is 10.8 Å². The SMILES string of the molecule is Cc1ccc(Nc2nc(C(F)(F)F)c(C(=O)O)s2)cc1C. The summed E-state index contributed by atoms with van der Waals surface area (Å²) in [4.78, 5) is 13.4. The van der Waals surface area contributed by atoms with Gasteiger partial charge in [0, 0.05) is 5.69 Å². The average molecular weight is 316 g/mol. The van der Waals surface area contributed by atoms with Crippen molar-refractivity contribution >= 4 is 28.1 Å². The average Bonchev–Trinajstić information content (AvgIpc) is 2.78. The zero-order valence-corrected chi connectivity index (χ0v) is 11.9. The minimum atomic E-state index is -4.80. The molecule has 112 valence electrons. The zero-order chi connectivity index (χ0) is 15.8. The van der Waals surface area contributed by atoms with E-state index in [0.29, 0.717) is 17.0 Å². The summed E-state index contributed by atoms with van der Waals surface area (Å²) in [6, 6.07) is 5.26. The van der Waals surface area contributed by atoms with Gasteiger partial charge in [0.05, 0.1) is 0 Å². The zero-order valence-electron chi connectivity index (χ0n) is 11.1. The Morgan fingerprint density at radius 3 is 2.43 bits per heavy atom. The molecule has 0 atom stereocenters. The molecule has 0 aliphatic heterocycles. The maximum atomic E-state index is 12.7. The molecule has 0 bridgehead atoms. The molecule has 0 saturated heterocycles. The van der Waals surface area contributed by atoms with Gasteiger partial charge < -0.3 is 10.4 Å². The van der Waals surface area contributed by atoms with Gasteiger partial charge in [-0.1, -0.05) is 17.4 Å². The predicted molar refractivity (Wildman–Crippen MR) is 73.3 cm³/mol. The van der Waals surface area contributed by atoms with Crippen LogP contribution in [0.2, 0.25) is 0 Å². The molecule has 0 radical (unpaired) electrons. The van der Waals surface area contributed by atoms with Crippen molar-refractivity contribution in [2.75, 3.05) is 5.32 Å². The molecule has 0 saturated carbocycles. The van der Waals surface area contributed by atoms with E-state index < -0.39 is 22.7 Å². The van der Waals surface area contributed by atoms with Crippen LogP contribution in [-0.2, 0) is 6.18 Å². The van der Waals surface area contributed by atoms with Crippen molar-refractivity contribution in [2.24, 2.45) is 0 Å². The van der Waals surface area contributed by atoms with Crippen molar-refractivity contribution < 1.29 is 23.1 Å². The maximum Gasteiger partial charge on any atom is 0.435 e. The number of aromatic nitrogens is 1. The summed E-state index contributed by atoms with van der Waals surface area (Å²) < 4.78 is 38.2. The number of nitrogens with zero attached hydrogens (tertiary/aromatic N) is 1. The van der Waals surface area contributed by atoms with Gasteiger partial charge in [0.1, 0.15) is 4.88 Å². The molecule has 1 aromatic carbocycles. The van der Waals surface area contributed by atoms with Crippen LogP contribution < -0.4 is 5.32 Å². The van der Waals surface area contributed by atoms with E-state index in [1.807, 2.05) is 19.9 Å². The third kappa shape index (κ3) is 3.33. The van der Waals surface area contributed by atoms with Crippen molar-refractivity contribution in [1.82, 2.24) is 4.98 Å². The van der Waals surface area contributed by atoms with Crippen LogP contribution in [0, 0.1) is 13.8 Å². The molecular weight excluding hydrogens is 305 g/mol. The Balaban J connectivity index is 2.37. The number of halogens is 3. The first-order chi connectivity index (χ1) is 9.68. The highest BCUT2D eigenvalue weighted by atomic mass is 32.1. The number of thiazole rings is 1. The molecule has 0 aliphatic rings. The highest BCUT2D eigenvalue weighted by Crippen LogP contribution is 2.37. The van der Waals surface area contributed by atoms with Crippen LogP contribution in [-0.4, -0.2) is 16.1 Å². The molecular formula is C13H11F3N2O2S. The predicted octanol–water partition coefficient (Wildman–Crippen LogP) is 4.22. The van der Waals surface area contributed by atoms with E-state index in [4.69, 9.17) is 5.11 Å². The van der Waals surface area contributed by atoms with Crippen molar-refractivity contribution in [1.29, 1.82) is 0 Å². The maximum absolute atomic E-state index is 12.7. The first-order valence-corrected chi connectivity index (χ1v) is 6.65. The number of aryl methyl sites for hydroxylation is 2. The highest BCUT2D eigenvalue weighted by Gasteiger charge is 2.39. The molecule has 21 heavy (non-hydrogen) atoms. The normalized spacial score (nSPS) is 11.5. The molecule has 0 unspecified atom stereocenters. The molecule has 0 fully saturated rings. The monoisotopic (exact) mass is 316 g/mol. The fourth-order valence-electron chi connectivity index (χ4n) is 1.65. The van der Waals surface area contributed by atoms with Crippen LogP contribution >= 0.6 is 11.3 Å². The molecule has 4 nitrogen and oxygen atoms in total. The Labute approximate surface area is 122 Å². The molecule has 0 aliphatic carbocycles. The fourth-order valence-corrected chi connectivity index (χ4v) is 2.50. The third-order valence-corrected chi connectivity index (χ3v) is 3.81. The second-order valence-electron chi connectivity index (χ2n) is 4.42. The van der Waals surface area contributed by atoms with Crippen LogP contribution in [0.15, 0.2) is 18.2 Å². The van der Waals surface area contributed by atoms with Crippen molar-refractivity contribution in [2.45, 2.75) is 20.0 Å². The minimum absolute atomic E-state index is 0.108. The summed E-state index contributed by atoms with van der Waals surface area (Å²) in [6.07, 6.45) is -4.80. The van der Waals surface area contributed by atoms with E-state index in [2.05, 4.69) is 10.3 Å². The molecule has 0 amide bonds. The van der Waals surface area contributed by atoms with Crippen molar-refractivity contribution in [3.63, 3.8) is 0 Å². The van der Waals surface area contributed by atoms with Gasteiger partial charge in [-0.05, 0) is 37.1 Å². The molecule has 0 spiro atoms. The standard InChI is InChI=1S/C13H11F3N2O2S/c1-6-3-4-8(5-7(6)2)17-12-18-10(13(14,15)16)9(21-12)11(19)20/h3-5H,1-2H3,(H,17,18)(H,19,20). The van der Waals surface area contributed by atoms with Crippen LogP contribution in [0.1, 0.15) is 26.5 Å². The number of alkyl halides is 3. The van der Waals surface area contributed by atoms with Crippen LogP contribution in [0.4, 0.5) is 24.0 Å². The van der Waals surface area contributed by atoms with Crippen LogP contribution in [0.25, 0.3) is 0 Å².